The van der Waals surface area contributed by atoms with Crippen LogP contribution >= 0.6 is 0 Å². The van der Waals surface area contributed by atoms with E-state index in [-0.39, 0.29) is 0 Å². The van der Waals surface area contributed by atoms with E-state index in [1.54, 1.807) is 6.92 Å². The number of nitrogens with zero attached hydrogens (tertiary/aromatic N) is 1. The van der Waals surface area contributed by atoms with Gasteiger partial charge in [0, 0.05) is 7.05 Å². The molecule has 1 rings (SSSR count). The standard InChI is InChI=1S/C13H16F3NO4S/c1-4-7(2)12(13(18)19)17(3)22(20,21)9-6-5-8(14)10(15)11(9)16/h5-7,12H,4H2,1-3H3,(H,18,19). The predicted molar refractivity (Wildman–Crippen MR) is 72.1 cm³/mol. The van der Waals surface area contributed by atoms with Crippen LogP contribution in [0.3, 0.4) is 0 Å². The maximum Gasteiger partial charge on any atom is 0.322 e. The van der Waals surface area contributed by atoms with Crippen molar-refractivity contribution >= 4 is 16.0 Å². The van der Waals surface area contributed by atoms with Gasteiger partial charge in [-0.15, -0.1) is 0 Å². The van der Waals surface area contributed by atoms with Crippen LogP contribution in [-0.2, 0) is 14.8 Å². The Morgan fingerprint density at radius 1 is 1.27 bits per heavy atom. The average molecular weight is 339 g/mol. The Balaban J connectivity index is 3.40. The molecule has 124 valence electrons. The molecule has 0 saturated heterocycles. The Morgan fingerprint density at radius 2 is 1.82 bits per heavy atom. The summed E-state index contributed by atoms with van der Waals surface area (Å²) in [6, 6.07) is -0.421. The molecule has 1 aromatic carbocycles. The normalized spacial score (nSPS) is 14.9. The summed E-state index contributed by atoms with van der Waals surface area (Å²) < 4.78 is 64.9. The van der Waals surface area contributed by atoms with Crippen LogP contribution in [0.4, 0.5) is 13.2 Å². The van der Waals surface area contributed by atoms with Crippen LogP contribution in [0.25, 0.3) is 0 Å². The molecule has 1 aromatic rings. The summed E-state index contributed by atoms with van der Waals surface area (Å²) in [6.07, 6.45) is 0.358. The minimum Gasteiger partial charge on any atom is -0.480 e. The highest BCUT2D eigenvalue weighted by Gasteiger charge is 2.38. The highest BCUT2D eigenvalue weighted by molar-refractivity contribution is 7.89. The second-order valence-corrected chi connectivity index (χ2v) is 6.83. The van der Waals surface area contributed by atoms with E-state index in [0.29, 0.717) is 22.9 Å². The van der Waals surface area contributed by atoms with E-state index in [2.05, 4.69) is 0 Å². The number of aliphatic carboxylic acids is 1. The van der Waals surface area contributed by atoms with Crippen molar-refractivity contribution in [1.29, 1.82) is 0 Å². The fourth-order valence-corrected chi connectivity index (χ4v) is 3.46. The van der Waals surface area contributed by atoms with Crippen LogP contribution in [0.15, 0.2) is 17.0 Å². The lowest BCUT2D eigenvalue weighted by atomic mass is 10.00. The van der Waals surface area contributed by atoms with Crippen molar-refractivity contribution in [3.8, 4) is 0 Å². The van der Waals surface area contributed by atoms with Crippen LogP contribution in [0.1, 0.15) is 20.3 Å². The second kappa shape index (κ2) is 6.66. The summed E-state index contributed by atoms with van der Waals surface area (Å²) in [6.45, 7) is 3.19. The van der Waals surface area contributed by atoms with Gasteiger partial charge in [-0.05, 0) is 18.1 Å². The number of carboxylic acid groups (broad SMARTS) is 1. The third-order valence-corrected chi connectivity index (χ3v) is 5.34. The summed E-state index contributed by atoms with van der Waals surface area (Å²) in [4.78, 5) is 10.2. The Bertz CT molecular complexity index is 678. The Hall–Kier alpha value is -1.61. The molecule has 0 aromatic heterocycles. The van der Waals surface area contributed by atoms with Crippen molar-refractivity contribution in [3.63, 3.8) is 0 Å². The van der Waals surface area contributed by atoms with E-state index in [0.717, 1.165) is 7.05 Å². The minimum atomic E-state index is -4.64. The van der Waals surface area contributed by atoms with Crippen molar-refractivity contribution in [1.82, 2.24) is 4.31 Å². The number of likely N-dealkylation sites (N-methyl/N-ethyl adjacent to an activating group) is 1. The van der Waals surface area contributed by atoms with Gasteiger partial charge in [0.2, 0.25) is 10.0 Å². The molecule has 2 unspecified atom stereocenters. The van der Waals surface area contributed by atoms with Gasteiger partial charge in [-0.1, -0.05) is 20.3 Å². The third kappa shape index (κ3) is 3.25. The SMILES string of the molecule is CCC(C)C(C(=O)O)N(C)S(=O)(=O)c1ccc(F)c(F)c1F. The number of hydrogen-bond acceptors (Lipinski definition) is 3. The van der Waals surface area contributed by atoms with Crippen molar-refractivity contribution in [2.24, 2.45) is 5.92 Å². The van der Waals surface area contributed by atoms with E-state index in [4.69, 9.17) is 0 Å². The summed E-state index contributed by atoms with van der Waals surface area (Å²) >= 11 is 0. The van der Waals surface area contributed by atoms with Gasteiger partial charge in [-0.2, -0.15) is 4.31 Å². The zero-order valence-corrected chi connectivity index (χ0v) is 13.0. The van der Waals surface area contributed by atoms with Gasteiger partial charge in [-0.3, -0.25) is 4.79 Å². The summed E-state index contributed by atoms with van der Waals surface area (Å²) in [7, 11) is -3.68. The number of rotatable bonds is 6. The van der Waals surface area contributed by atoms with Crippen LogP contribution in [0, 0.1) is 23.4 Å². The molecule has 2 atom stereocenters. The van der Waals surface area contributed by atoms with E-state index in [1.165, 1.54) is 6.92 Å². The minimum absolute atomic E-state index is 0.358. The molecule has 0 aliphatic rings. The van der Waals surface area contributed by atoms with Crippen LogP contribution < -0.4 is 0 Å². The van der Waals surface area contributed by atoms with E-state index in [1.807, 2.05) is 0 Å². The molecule has 0 aliphatic carbocycles. The van der Waals surface area contributed by atoms with Crippen molar-refractivity contribution in [2.75, 3.05) is 7.05 Å². The van der Waals surface area contributed by atoms with Crippen molar-refractivity contribution in [2.45, 2.75) is 31.2 Å². The fraction of sp³-hybridized carbons (Fsp3) is 0.462. The number of carbonyl (C=O) groups is 1. The van der Waals surface area contributed by atoms with Crippen molar-refractivity contribution < 1.29 is 31.5 Å². The number of sulfonamides is 1. The van der Waals surface area contributed by atoms with Gasteiger partial charge < -0.3 is 5.11 Å². The first kappa shape index (κ1) is 18.4. The van der Waals surface area contributed by atoms with Gasteiger partial charge in [0.15, 0.2) is 17.5 Å². The molecule has 9 heteroatoms. The summed E-state index contributed by atoms with van der Waals surface area (Å²) in [5, 5.41) is 9.19. The molecular formula is C13H16F3NO4S. The number of halogens is 3. The van der Waals surface area contributed by atoms with E-state index < -0.39 is 50.3 Å². The highest BCUT2D eigenvalue weighted by Crippen LogP contribution is 2.26. The second-order valence-electron chi connectivity index (χ2n) is 4.86. The maximum atomic E-state index is 13.7. The molecule has 0 heterocycles. The van der Waals surface area contributed by atoms with Gasteiger partial charge in [0.1, 0.15) is 10.9 Å². The predicted octanol–water partition coefficient (Wildman–Crippen LogP) is 2.22. The van der Waals surface area contributed by atoms with Gasteiger partial charge in [0.25, 0.3) is 0 Å². The molecular weight excluding hydrogens is 323 g/mol. The maximum absolute atomic E-state index is 13.7. The average Bonchev–Trinajstić information content (AvgIpc) is 2.43. The monoisotopic (exact) mass is 339 g/mol. The highest BCUT2D eigenvalue weighted by atomic mass is 32.2. The number of carboxylic acids is 1. The summed E-state index contributed by atoms with van der Waals surface area (Å²) in [5.74, 6) is -7.31. The zero-order valence-electron chi connectivity index (χ0n) is 12.2. The lowest BCUT2D eigenvalue weighted by molar-refractivity contribution is -0.142. The van der Waals surface area contributed by atoms with E-state index >= 15 is 0 Å². The van der Waals surface area contributed by atoms with Crippen LogP contribution in [0.2, 0.25) is 0 Å². The topological polar surface area (TPSA) is 74.7 Å². The molecule has 1 N–H and O–H groups in total. The molecule has 0 spiro atoms. The Labute approximate surface area is 126 Å². The third-order valence-electron chi connectivity index (χ3n) is 3.48. The summed E-state index contributed by atoms with van der Waals surface area (Å²) in [5.41, 5.74) is 0. The smallest absolute Gasteiger partial charge is 0.322 e. The van der Waals surface area contributed by atoms with Crippen LogP contribution in [-0.4, -0.2) is 36.9 Å². The first-order valence-electron chi connectivity index (χ1n) is 6.40. The van der Waals surface area contributed by atoms with Crippen LogP contribution in [0.5, 0.6) is 0 Å². The lowest BCUT2D eigenvalue weighted by Crippen LogP contribution is -2.46. The van der Waals surface area contributed by atoms with Gasteiger partial charge >= 0.3 is 5.97 Å². The molecule has 0 radical (unpaired) electrons. The Kier molecular flexibility index (Phi) is 5.58. The van der Waals surface area contributed by atoms with Gasteiger partial charge in [0.05, 0.1) is 0 Å². The fourth-order valence-electron chi connectivity index (χ4n) is 1.99. The molecule has 0 saturated carbocycles. The Morgan fingerprint density at radius 3 is 2.27 bits per heavy atom. The lowest BCUT2D eigenvalue weighted by Gasteiger charge is -2.28. The van der Waals surface area contributed by atoms with E-state index in [9.17, 15) is 31.5 Å². The largest absolute Gasteiger partial charge is 0.480 e. The number of hydrogen-bond donors (Lipinski definition) is 1. The molecule has 22 heavy (non-hydrogen) atoms. The first-order valence-corrected chi connectivity index (χ1v) is 7.84. The van der Waals surface area contributed by atoms with Crippen molar-refractivity contribution in [3.05, 3.63) is 29.6 Å². The molecule has 5 nitrogen and oxygen atoms in total. The first-order chi connectivity index (χ1) is 10.1. The molecule has 0 fully saturated rings. The van der Waals surface area contributed by atoms with Gasteiger partial charge in [-0.25, -0.2) is 21.6 Å². The molecule has 0 bridgehead atoms. The molecule has 0 aliphatic heterocycles. The molecule has 0 amide bonds. The quantitative estimate of drug-likeness (QED) is 0.807. The number of benzene rings is 1. The zero-order chi connectivity index (χ0) is 17.2.